The Morgan fingerprint density at radius 3 is 2.68 bits per heavy atom. The number of nitrogens with zero attached hydrogens (tertiary/aromatic N) is 2. The Morgan fingerprint density at radius 2 is 2.14 bits per heavy atom. The molecule has 2 aromatic rings. The van der Waals surface area contributed by atoms with Crippen LogP contribution in [0.3, 0.4) is 0 Å². The molecule has 0 saturated carbocycles. The first-order chi connectivity index (χ1) is 10.3. The van der Waals surface area contributed by atoms with Gasteiger partial charge in [0.25, 0.3) is 10.0 Å². The zero-order chi connectivity index (χ0) is 16.3. The van der Waals surface area contributed by atoms with Crippen molar-refractivity contribution in [1.29, 1.82) is 0 Å². The van der Waals surface area contributed by atoms with E-state index in [2.05, 4.69) is 4.98 Å². The summed E-state index contributed by atoms with van der Waals surface area (Å²) in [6.07, 6.45) is 0.552. The van der Waals surface area contributed by atoms with E-state index in [1.165, 1.54) is 17.4 Å². The van der Waals surface area contributed by atoms with Gasteiger partial charge in [0.15, 0.2) is 0 Å². The van der Waals surface area contributed by atoms with Crippen molar-refractivity contribution in [1.82, 2.24) is 9.29 Å². The highest BCUT2D eigenvalue weighted by molar-refractivity contribution is 7.91. The lowest BCUT2D eigenvalue weighted by Gasteiger charge is -2.18. The number of hydrogen-bond acceptors (Lipinski definition) is 6. The fourth-order valence-corrected chi connectivity index (χ4v) is 5.47. The van der Waals surface area contributed by atoms with Crippen molar-refractivity contribution in [3.63, 3.8) is 0 Å². The zero-order valence-corrected chi connectivity index (χ0v) is 14.6. The normalized spacial score (nSPS) is 12.0. The molecule has 0 atom stereocenters. The molecule has 0 aromatic carbocycles. The monoisotopic (exact) mass is 360 g/mol. The Labute approximate surface area is 137 Å². The molecule has 2 aromatic heterocycles. The van der Waals surface area contributed by atoms with E-state index in [9.17, 15) is 13.2 Å². The fourth-order valence-electron chi connectivity index (χ4n) is 1.88. The van der Waals surface area contributed by atoms with Crippen LogP contribution in [-0.4, -0.2) is 41.9 Å². The van der Waals surface area contributed by atoms with Crippen molar-refractivity contribution in [3.8, 4) is 10.6 Å². The Morgan fingerprint density at radius 1 is 1.41 bits per heavy atom. The number of hydrogen-bond donors (Lipinski definition) is 1. The largest absolute Gasteiger partial charge is 0.480 e. The number of carboxylic acid groups (broad SMARTS) is 1. The predicted molar refractivity (Wildman–Crippen MR) is 86.8 cm³/mol. The number of thiazole rings is 1. The maximum atomic E-state index is 12.6. The average molecular weight is 360 g/mol. The fraction of sp³-hybridized carbons (Fsp3) is 0.385. The maximum Gasteiger partial charge on any atom is 0.318 e. The van der Waals surface area contributed by atoms with Crippen molar-refractivity contribution < 1.29 is 18.3 Å². The summed E-state index contributed by atoms with van der Waals surface area (Å²) >= 11 is 2.61. The molecule has 0 aliphatic rings. The molecule has 0 unspecified atom stereocenters. The van der Waals surface area contributed by atoms with Gasteiger partial charge < -0.3 is 5.11 Å². The highest BCUT2D eigenvalue weighted by Gasteiger charge is 2.27. The maximum absolute atomic E-state index is 12.6. The minimum Gasteiger partial charge on any atom is -0.480 e. The molecule has 0 spiro atoms. The van der Waals surface area contributed by atoms with E-state index in [1.54, 1.807) is 6.07 Å². The third kappa shape index (κ3) is 3.72. The highest BCUT2D eigenvalue weighted by Crippen LogP contribution is 2.32. The number of carbonyl (C=O) groups is 1. The first-order valence-electron chi connectivity index (χ1n) is 6.59. The standard InChI is InChI=1S/C13H16N2O4S3/c1-3-6-15(7-12(16)17)22(18,19)13-5-4-11(21-13)10-8-20-9(2)14-10/h4-5,8H,3,6-7H2,1-2H3,(H,16,17). The van der Waals surface area contributed by atoms with Crippen molar-refractivity contribution in [2.75, 3.05) is 13.1 Å². The third-order valence-corrected chi connectivity index (χ3v) is 7.03. The van der Waals surface area contributed by atoms with Crippen LogP contribution in [-0.2, 0) is 14.8 Å². The van der Waals surface area contributed by atoms with Gasteiger partial charge in [0.1, 0.15) is 10.8 Å². The van der Waals surface area contributed by atoms with Gasteiger partial charge in [0.2, 0.25) is 0 Å². The molecule has 9 heteroatoms. The molecular formula is C13H16N2O4S3. The van der Waals surface area contributed by atoms with E-state index in [0.29, 0.717) is 6.42 Å². The van der Waals surface area contributed by atoms with Gasteiger partial charge >= 0.3 is 5.97 Å². The summed E-state index contributed by atoms with van der Waals surface area (Å²) < 4.78 is 26.3. The van der Waals surface area contributed by atoms with Crippen LogP contribution in [0.25, 0.3) is 10.6 Å². The summed E-state index contributed by atoms with van der Waals surface area (Å²) in [6.45, 7) is 3.34. The van der Waals surface area contributed by atoms with Gasteiger partial charge in [-0.3, -0.25) is 4.79 Å². The molecule has 0 aliphatic heterocycles. The summed E-state index contributed by atoms with van der Waals surface area (Å²) in [4.78, 5) is 16.0. The van der Waals surface area contributed by atoms with E-state index < -0.39 is 22.5 Å². The lowest BCUT2D eigenvalue weighted by Crippen LogP contribution is -2.35. The van der Waals surface area contributed by atoms with E-state index in [4.69, 9.17) is 5.11 Å². The number of rotatable bonds is 7. The number of aliphatic carboxylic acids is 1. The molecule has 0 saturated heterocycles. The van der Waals surface area contributed by atoms with Crippen LogP contribution in [0.15, 0.2) is 21.7 Å². The van der Waals surface area contributed by atoms with Crippen LogP contribution in [0.1, 0.15) is 18.4 Å². The van der Waals surface area contributed by atoms with E-state index in [-0.39, 0.29) is 10.8 Å². The summed E-state index contributed by atoms with van der Waals surface area (Å²) in [5, 5.41) is 11.7. The molecular weight excluding hydrogens is 344 g/mol. The van der Waals surface area contributed by atoms with Crippen molar-refractivity contribution in [2.24, 2.45) is 0 Å². The molecule has 2 heterocycles. The summed E-state index contributed by atoms with van der Waals surface area (Å²) in [6, 6.07) is 3.21. The minimum absolute atomic E-state index is 0.142. The molecule has 0 bridgehead atoms. The van der Waals surface area contributed by atoms with Gasteiger partial charge in [-0.1, -0.05) is 6.92 Å². The van der Waals surface area contributed by atoms with Crippen LogP contribution in [0.2, 0.25) is 0 Å². The smallest absolute Gasteiger partial charge is 0.318 e. The molecule has 6 nitrogen and oxygen atoms in total. The van der Waals surface area contributed by atoms with Gasteiger partial charge in [-0.05, 0) is 25.5 Å². The molecule has 0 fully saturated rings. The summed E-state index contributed by atoms with van der Waals surface area (Å²) in [5.74, 6) is -1.16. The zero-order valence-electron chi connectivity index (χ0n) is 12.1. The van der Waals surface area contributed by atoms with Crippen LogP contribution in [0.4, 0.5) is 0 Å². The van der Waals surface area contributed by atoms with Gasteiger partial charge in [-0.15, -0.1) is 22.7 Å². The van der Waals surface area contributed by atoms with Crippen LogP contribution in [0, 0.1) is 6.92 Å². The van der Waals surface area contributed by atoms with E-state index in [0.717, 1.165) is 31.2 Å². The number of thiophene rings is 1. The van der Waals surface area contributed by atoms with Gasteiger partial charge in [0.05, 0.1) is 15.6 Å². The van der Waals surface area contributed by atoms with Crippen molar-refractivity contribution >= 4 is 38.7 Å². The number of aromatic nitrogens is 1. The minimum atomic E-state index is -3.79. The summed E-state index contributed by atoms with van der Waals surface area (Å²) in [7, 11) is -3.79. The molecule has 22 heavy (non-hydrogen) atoms. The second-order valence-electron chi connectivity index (χ2n) is 4.60. The van der Waals surface area contributed by atoms with Crippen molar-refractivity contribution in [3.05, 3.63) is 22.5 Å². The molecule has 2 rings (SSSR count). The topological polar surface area (TPSA) is 87.6 Å². The lowest BCUT2D eigenvalue weighted by atomic mass is 10.4. The first kappa shape index (κ1) is 17.1. The Balaban J connectivity index is 2.32. The van der Waals surface area contributed by atoms with Gasteiger partial charge in [0, 0.05) is 11.9 Å². The highest BCUT2D eigenvalue weighted by atomic mass is 32.2. The summed E-state index contributed by atoms with van der Waals surface area (Å²) in [5.41, 5.74) is 0.745. The molecule has 0 aliphatic carbocycles. The Hall–Kier alpha value is -1.29. The quantitative estimate of drug-likeness (QED) is 0.820. The third-order valence-electron chi connectivity index (χ3n) is 2.83. The number of sulfonamides is 1. The average Bonchev–Trinajstić information content (AvgIpc) is 3.06. The van der Waals surface area contributed by atoms with Crippen LogP contribution >= 0.6 is 22.7 Å². The number of carboxylic acids is 1. The van der Waals surface area contributed by atoms with Crippen LogP contribution < -0.4 is 0 Å². The van der Waals surface area contributed by atoms with E-state index >= 15 is 0 Å². The Kier molecular flexibility index (Phi) is 5.32. The Bertz CT molecular complexity index is 764. The molecule has 0 amide bonds. The molecule has 120 valence electrons. The second kappa shape index (κ2) is 6.86. The van der Waals surface area contributed by atoms with Crippen molar-refractivity contribution in [2.45, 2.75) is 24.5 Å². The lowest BCUT2D eigenvalue weighted by molar-refractivity contribution is -0.137. The van der Waals surface area contributed by atoms with E-state index in [1.807, 2.05) is 19.2 Å². The number of aryl methyl sites for hydroxylation is 1. The molecule has 1 N–H and O–H groups in total. The van der Waals surface area contributed by atoms with Gasteiger partial charge in [-0.2, -0.15) is 4.31 Å². The second-order valence-corrected chi connectivity index (χ2v) is 8.91. The molecule has 0 radical (unpaired) electrons. The van der Waals surface area contributed by atoms with Gasteiger partial charge in [-0.25, -0.2) is 13.4 Å². The SMILES string of the molecule is CCCN(CC(=O)O)S(=O)(=O)c1ccc(-c2csc(C)n2)s1. The first-order valence-corrected chi connectivity index (χ1v) is 9.72. The predicted octanol–water partition coefficient (Wildman–Crippen LogP) is 2.67. The van der Waals surface area contributed by atoms with Crippen LogP contribution in [0.5, 0.6) is 0 Å².